The molecule has 0 saturated heterocycles. The molecule has 0 aliphatic heterocycles. The van der Waals surface area contributed by atoms with E-state index in [4.69, 9.17) is 4.74 Å². The monoisotopic (exact) mass is 418 g/mol. The lowest BCUT2D eigenvalue weighted by Crippen LogP contribution is -2.23. The molecule has 2 rings (SSSR count). The number of nitrogens with one attached hydrogen (secondary N) is 1. The van der Waals surface area contributed by atoms with Crippen LogP contribution in [-0.4, -0.2) is 29.7 Å². The number of aromatic nitrogens is 1. The van der Waals surface area contributed by atoms with E-state index in [1.165, 1.54) is 0 Å². The van der Waals surface area contributed by atoms with Crippen molar-refractivity contribution < 1.29 is 23.1 Å². The smallest absolute Gasteiger partial charge is 0.272 e. The number of amides is 1. The van der Waals surface area contributed by atoms with Crippen LogP contribution in [0.15, 0.2) is 24.3 Å². The molecule has 1 amide bonds. The number of aryl methyl sites for hydroxylation is 3. The number of carbonyl (C=O) groups excluding carboxylic acids is 2. The quantitative estimate of drug-likeness (QED) is 0.657. The zero-order chi connectivity index (χ0) is 22.4. The summed E-state index contributed by atoms with van der Waals surface area (Å²) in [7, 11) is 0. The fourth-order valence-corrected chi connectivity index (χ4v) is 3.14. The van der Waals surface area contributed by atoms with Crippen molar-refractivity contribution in [1.82, 2.24) is 10.3 Å². The van der Waals surface area contributed by atoms with Crippen LogP contribution in [0.4, 0.5) is 8.78 Å². The van der Waals surface area contributed by atoms with Crippen LogP contribution in [0.2, 0.25) is 0 Å². The van der Waals surface area contributed by atoms with E-state index >= 15 is 0 Å². The molecular formula is C23H28F2N2O3. The third-order valence-corrected chi connectivity index (χ3v) is 4.59. The van der Waals surface area contributed by atoms with Gasteiger partial charge in [-0.3, -0.25) is 14.6 Å². The summed E-state index contributed by atoms with van der Waals surface area (Å²) in [5, 5.41) is 2.86. The van der Waals surface area contributed by atoms with Crippen molar-refractivity contribution in [3.8, 4) is 5.75 Å². The molecule has 0 fully saturated rings. The van der Waals surface area contributed by atoms with Gasteiger partial charge < -0.3 is 10.1 Å². The number of ether oxygens (including phenoxy) is 1. The lowest BCUT2D eigenvalue weighted by molar-refractivity contribution is -0.121. The third kappa shape index (κ3) is 6.61. The molecule has 7 heteroatoms. The van der Waals surface area contributed by atoms with E-state index < -0.39 is 13.0 Å². The van der Waals surface area contributed by atoms with Gasteiger partial charge in [-0.25, -0.2) is 8.78 Å². The molecule has 0 radical (unpaired) electrons. The van der Waals surface area contributed by atoms with E-state index in [1.807, 2.05) is 13.8 Å². The molecule has 0 bridgehead atoms. The van der Waals surface area contributed by atoms with E-state index in [-0.39, 0.29) is 30.6 Å². The number of rotatable bonds is 9. The fraction of sp³-hybridized carbons (Fsp3) is 0.435. The Labute approximate surface area is 175 Å². The minimum absolute atomic E-state index is 0.0690. The maximum Gasteiger partial charge on any atom is 0.272 e. The lowest BCUT2D eigenvalue weighted by Gasteiger charge is -2.14. The van der Waals surface area contributed by atoms with Gasteiger partial charge in [-0.1, -0.05) is 26.0 Å². The number of pyridine rings is 1. The second-order valence-corrected chi connectivity index (χ2v) is 7.73. The summed E-state index contributed by atoms with van der Waals surface area (Å²) in [5.41, 5.74) is 3.99. The van der Waals surface area contributed by atoms with Gasteiger partial charge in [0.2, 0.25) is 0 Å². The van der Waals surface area contributed by atoms with Gasteiger partial charge in [-0.05, 0) is 49.6 Å². The Bertz CT molecular complexity index is 904. The molecule has 5 nitrogen and oxygen atoms in total. The first-order valence-corrected chi connectivity index (χ1v) is 9.86. The van der Waals surface area contributed by atoms with E-state index in [0.717, 1.165) is 16.7 Å². The van der Waals surface area contributed by atoms with Gasteiger partial charge in [-0.15, -0.1) is 0 Å². The Morgan fingerprint density at radius 2 is 1.70 bits per heavy atom. The summed E-state index contributed by atoms with van der Waals surface area (Å²) in [6.45, 7) is 8.63. The average molecular weight is 418 g/mol. The van der Waals surface area contributed by atoms with Gasteiger partial charge in [0.25, 0.3) is 12.3 Å². The first kappa shape index (κ1) is 23.4. The van der Waals surface area contributed by atoms with Gasteiger partial charge in [0.1, 0.15) is 18.1 Å². The second kappa shape index (κ2) is 10.3. The lowest BCUT2D eigenvalue weighted by atomic mass is 10.0. The van der Waals surface area contributed by atoms with Crippen LogP contribution >= 0.6 is 0 Å². The molecule has 0 saturated carbocycles. The maximum absolute atomic E-state index is 12.6. The van der Waals surface area contributed by atoms with E-state index in [0.29, 0.717) is 22.7 Å². The Morgan fingerprint density at radius 3 is 2.27 bits per heavy atom. The summed E-state index contributed by atoms with van der Waals surface area (Å²) in [5.74, 6) is 0.143. The van der Waals surface area contributed by atoms with Gasteiger partial charge in [0.15, 0.2) is 0 Å². The normalized spacial score (nSPS) is 11.1. The molecule has 0 atom stereocenters. The highest BCUT2D eigenvalue weighted by atomic mass is 19.3. The van der Waals surface area contributed by atoms with Crippen molar-refractivity contribution >= 4 is 11.7 Å². The number of Topliss-reactive ketones (excluding diaryl/α,β-unsaturated/α-hetero) is 1. The van der Waals surface area contributed by atoms with Gasteiger partial charge >= 0.3 is 0 Å². The predicted octanol–water partition coefficient (Wildman–Crippen LogP) is 4.35. The summed E-state index contributed by atoms with van der Waals surface area (Å²) in [6, 6.07) is 6.92. The molecule has 0 spiro atoms. The first-order valence-electron chi connectivity index (χ1n) is 9.86. The molecule has 0 aliphatic rings. The summed E-state index contributed by atoms with van der Waals surface area (Å²) in [4.78, 5) is 29.0. The Morgan fingerprint density at radius 1 is 1.07 bits per heavy atom. The molecule has 162 valence electrons. The topological polar surface area (TPSA) is 68.3 Å². The third-order valence-electron chi connectivity index (χ3n) is 4.59. The number of alkyl halides is 2. The molecule has 1 heterocycles. The highest BCUT2D eigenvalue weighted by Gasteiger charge is 2.14. The SMILES string of the molecule is Cc1cc(C(=O)NCc2cc(C)c(OCC(F)F)c(C)c2)cc(CC(=O)C(C)C)n1. The summed E-state index contributed by atoms with van der Waals surface area (Å²) in [6.07, 6.45) is -2.34. The number of nitrogens with zero attached hydrogens (tertiary/aromatic N) is 1. The standard InChI is InChI=1S/C23H28F2N2O3/c1-13(2)20(28)10-19-9-18(8-16(5)27-19)23(29)26-11-17-6-14(3)22(15(4)7-17)30-12-21(24)25/h6-9,13,21H,10-12H2,1-5H3,(H,26,29). The van der Waals surface area contributed by atoms with Crippen molar-refractivity contribution in [3.63, 3.8) is 0 Å². The van der Waals surface area contributed by atoms with Crippen molar-refractivity contribution in [1.29, 1.82) is 0 Å². The van der Waals surface area contributed by atoms with Crippen LogP contribution in [-0.2, 0) is 17.8 Å². The molecule has 1 N–H and O–H groups in total. The van der Waals surface area contributed by atoms with Crippen LogP contribution in [0.1, 0.15) is 52.3 Å². The second-order valence-electron chi connectivity index (χ2n) is 7.73. The van der Waals surface area contributed by atoms with E-state index in [1.54, 1.807) is 45.0 Å². The Hall–Kier alpha value is -2.83. The predicted molar refractivity (Wildman–Crippen MR) is 111 cm³/mol. The van der Waals surface area contributed by atoms with Crippen molar-refractivity contribution in [3.05, 3.63) is 57.9 Å². The number of hydrogen-bond acceptors (Lipinski definition) is 4. The average Bonchev–Trinajstić information content (AvgIpc) is 2.64. The Kier molecular flexibility index (Phi) is 8.03. The highest BCUT2D eigenvalue weighted by molar-refractivity contribution is 5.94. The molecular weight excluding hydrogens is 390 g/mol. The first-order chi connectivity index (χ1) is 14.1. The molecule has 1 aromatic heterocycles. The van der Waals surface area contributed by atoms with Crippen LogP contribution in [0.3, 0.4) is 0 Å². The summed E-state index contributed by atoms with van der Waals surface area (Å²) >= 11 is 0. The number of hydrogen-bond donors (Lipinski definition) is 1. The molecule has 1 aromatic carbocycles. The van der Waals surface area contributed by atoms with E-state index in [2.05, 4.69) is 10.3 Å². The highest BCUT2D eigenvalue weighted by Crippen LogP contribution is 2.25. The molecule has 0 aliphatic carbocycles. The van der Waals surface area contributed by atoms with Crippen molar-refractivity contribution in [2.75, 3.05) is 6.61 Å². The zero-order valence-electron chi connectivity index (χ0n) is 18.0. The maximum atomic E-state index is 12.6. The van der Waals surface area contributed by atoms with Crippen LogP contribution in [0, 0.1) is 26.7 Å². The van der Waals surface area contributed by atoms with Crippen LogP contribution < -0.4 is 10.1 Å². The fourth-order valence-electron chi connectivity index (χ4n) is 3.14. The number of carbonyl (C=O) groups is 2. The number of ketones is 1. The molecule has 2 aromatic rings. The molecule has 0 unspecified atom stereocenters. The van der Waals surface area contributed by atoms with Crippen molar-refractivity contribution in [2.45, 2.75) is 54.0 Å². The zero-order valence-corrected chi connectivity index (χ0v) is 18.0. The van der Waals surface area contributed by atoms with E-state index in [9.17, 15) is 18.4 Å². The van der Waals surface area contributed by atoms with Gasteiger partial charge in [0, 0.05) is 35.8 Å². The Balaban J connectivity index is 2.08. The van der Waals surface area contributed by atoms with Gasteiger partial charge in [0.05, 0.1) is 0 Å². The minimum Gasteiger partial charge on any atom is -0.487 e. The van der Waals surface area contributed by atoms with Crippen LogP contribution in [0.25, 0.3) is 0 Å². The van der Waals surface area contributed by atoms with Gasteiger partial charge in [-0.2, -0.15) is 0 Å². The van der Waals surface area contributed by atoms with Crippen LogP contribution in [0.5, 0.6) is 5.75 Å². The molecule has 30 heavy (non-hydrogen) atoms. The largest absolute Gasteiger partial charge is 0.487 e. The number of benzene rings is 1. The summed E-state index contributed by atoms with van der Waals surface area (Å²) < 4.78 is 30.0. The minimum atomic E-state index is -2.53. The number of halogens is 2. The van der Waals surface area contributed by atoms with Crippen molar-refractivity contribution in [2.24, 2.45) is 5.92 Å².